The number of fused-ring (bicyclic) bond motifs is 1. The molecule has 0 aliphatic carbocycles. The average Bonchev–Trinajstić information content (AvgIpc) is 3.33. The molecule has 0 N–H and O–H groups in total. The normalized spacial score (nSPS) is 13.8. The van der Waals surface area contributed by atoms with Crippen molar-refractivity contribution in [3.8, 4) is 5.75 Å². The van der Waals surface area contributed by atoms with Crippen LogP contribution in [0.2, 0.25) is 0 Å². The first-order valence-electron chi connectivity index (χ1n) is 11.9. The summed E-state index contributed by atoms with van der Waals surface area (Å²) in [6.45, 7) is 4.58. The van der Waals surface area contributed by atoms with E-state index in [0.29, 0.717) is 17.2 Å². The van der Waals surface area contributed by atoms with Gasteiger partial charge in [0.1, 0.15) is 5.75 Å². The smallest absolute Gasteiger partial charge is 0.260 e. The Morgan fingerprint density at radius 1 is 1.03 bits per heavy atom. The van der Waals surface area contributed by atoms with Crippen molar-refractivity contribution in [2.45, 2.75) is 6.42 Å². The summed E-state index contributed by atoms with van der Waals surface area (Å²) in [5, 5.41) is 0.708. The summed E-state index contributed by atoms with van der Waals surface area (Å²) in [6, 6.07) is 24.1. The Kier molecular flexibility index (Phi) is 8.93. The molecule has 1 aromatic heterocycles. The number of aromatic nitrogens is 1. The zero-order valence-electron chi connectivity index (χ0n) is 20.3. The largest absolute Gasteiger partial charge is 0.497 e. The maximum absolute atomic E-state index is 13.7. The van der Waals surface area contributed by atoms with E-state index in [0.717, 1.165) is 55.2 Å². The van der Waals surface area contributed by atoms with Crippen molar-refractivity contribution in [2.75, 3.05) is 51.4 Å². The van der Waals surface area contributed by atoms with Crippen molar-refractivity contribution in [1.82, 2.24) is 9.88 Å². The second-order valence-corrected chi connectivity index (χ2v) is 9.61. The first-order chi connectivity index (χ1) is 17.2. The molecule has 6 nitrogen and oxygen atoms in total. The number of rotatable bonds is 8. The number of nitrogens with zero attached hydrogens (tertiary/aromatic N) is 3. The molecule has 0 bridgehead atoms. The Balaban J connectivity index is 0.00000304. The zero-order valence-corrected chi connectivity index (χ0v) is 21.9. The third kappa shape index (κ3) is 6.23. The minimum Gasteiger partial charge on any atom is -0.497 e. The topological polar surface area (TPSA) is 54.9 Å². The Morgan fingerprint density at radius 2 is 1.75 bits per heavy atom. The van der Waals surface area contributed by atoms with E-state index in [1.54, 1.807) is 7.11 Å². The van der Waals surface area contributed by atoms with Gasteiger partial charge in [-0.1, -0.05) is 53.8 Å². The second-order valence-electron chi connectivity index (χ2n) is 8.60. The molecular formula is C28H30ClN3O3S. The maximum atomic E-state index is 13.7. The molecular weight excluding hydrogens is 494 g/mol. The van der Waals surface area contributed by atoms with Gasteiger partial charge in [0.2, 0.25) is 0 Å². The van der Waals surface area contributed by atoms with Gasteiger partial charge in [0, 0.05) is 37.8 Å². The van der Waals surface area contributed by atoms with E-state index >= 15 is 0 Å². The number of anilines is 1. The molecule has 3 aromatic carbocycles. The van der Waals surface area contributed by atoms with E-state index in [1.165, 1.54) is 22.5 Å². The van der Waals surface area contributed by atoms with Crippen LogP contribution < -0.4 is 9.64 Å². The number of ether oxygens (including phenoxy) is 2. The van der Waals surface area contributed by atoms with Crippen LogP contribution in [0.4, 0.5) is 5.13 Å². The lowest BCUT2D eigenvalue weighted by atomic mass is 10.0. The monoisotopic (exact) mass is 523 g/mol. The lowest BCUT2D eigenvalue weighted by molar-refractivity contribution is 0.0391. The number of morpholine rings is 1. The predicted molar refractivity (Wildman–Crippen MR) is 148 cm³/mol. The van der Waals surface area contributed by atoms with E-state index < -0.39 is 0 Å². The molecule has 1 amide bonds. The molecule has 5 rings (SSSR count). The van der Waals surface area contributed by atoms with Crippen LogP contribution in [0.5, 0.6) is 5.75 Å². The van der Waals surface area contributed by atoms with Crippen LogP contribution in [-0.2, 0) is 11.2 Å². The number of carbonyl (C=O) groups excluding carboxylic acids is 1. The fourth-order valence-corrected chi connectivity index (χ4v) is 5.21. The number of hydrogen-bond acceptors (Lipinski definition) is 6. The third-order valence-electron chi connectivity index (χ3n) is 6.25. The summed E-state index contributed by atoms with van der Waals surface area (Å²) >= 11 is 1.53. The highest BCUT2D eigenvalue weighted by Gasteiger charge is 2.23. The number of carbonyl (C=O) groups is 1. The minimum atomic E-state index is -0.0319. The first-order valence-corrected chi connectivity index (χ1v) is 12.7. The van der Waals surface area contributed by atoms with Crippen LogP contribution in [0.1, 0.15) is 21.5 Å². The van der Waals surface area contributed by atoms with Gasteiger partial charge in [-0.15, -0.1) is 12.4 Å². The Labute approximate surface area is 221 Å². The van der Waals surface area contributed by atoms with Crippen LogP contribution in [0.15, 0.2) is 72.8 Å². The van der Waals surface area contributed by atoms with Crippen molar-refractivity contribution >= 4 is 45.0 Å². The van der Waals surface area contributed by atoms with Crippen molar-refractivity contribution in [3.05, 3.63) is 89.5 Å². The molecule has 1 aliphatic heterocycles. The summed E-state index contributed by atoms with van der Waals surface area (Å²) in [6.07, 6.45) is 0.843. The quantitative estimate of drug-likeness (QED) is 0.314. The van der Waals surface area contributed by atoms with Gasteiger partial charge in [0.15, 0.2) is 5.13 Å². The van der Waals surface area contributed by atoms with Gasteiger partial charge in [0.25, 0.3) is 5.91 Å². The molecule has 4 aromatic rings. The highest BCUT2D eigenvalue weighted by Crippen LogP contribution is 2.32. The molecule has 188 valence electrons. The van der Waals surface area contributed by atoms with E-state index in [-0.39, 0.29) is 18.3 Å². The van der Waals surface area contributed by atoms with E-state index in [2.05, 4.69) is 17.0 Å². The molecule has 0 saturated carbocycles. The molecule has 0 unspecified atom stereocenters. The molecule has 2 heterocycles. The predicted octanol–water partition coefficient (Wildman–Crippen LogP) is 5.30. The minimum absolute atomic E-state index is 0. The lowest BCUT2D eigenvalue weighted by Crippen LogP contribution is -2.43. The van der Waals surface area contributed by atoms with Crippen molar-refractivity contribution in [1.29, 1.82) is 0 Å². The molecule has 1 saturated heterocycles. The van der Waals surface area contributed by atoms with Gasteiger partial charge in [0.05, 0.1) is 30.5 Å². The van der Waals surface area contributed by atoms with Crippen LogP contribution in [0.25, 0.3) is 10.2 Å². The van der Waals surface area contributed by atoms with Crippen molar-refractivity contribution in [2.24, 2.45) is 0 Å². The summed E-state index contributed by atoms with van der Waals surface area (Å²) in [5.41, 5.74) is 3.94. The number of benzene rings is 3. The maximum Gasteiger partial charge on any atom is 0.260 e. The molecule has 1 aliphatic rings. The van der Waals surface area contributed by atoms with Crippen LogP contribution in [0.3, 0.4) is 0 Å². The molecule has 36 heavy (non-hydrogen) atoms. The van der Waals surface area contributed by atoms with E-state index in [9.17, 15) is 4.79 Å². The summed E-state index contributed by atoms with van der Waals surface area (Å²) < 4.78 is 11.9. The average molecular weight is 524 g/mol. The number of halogens is 1. The van der Waals surface area contributed by atoms with Crippen LogP contribution in [0, 0.1) is 0 Å². The number of amides is 1. The van der Waals surface area contributed by atoms with Gasteiger partial charge in [-0.2, -0.15) is 0 Å². The lowest BCUT2D eigenvalue weighted by Gasteiger charge is -2.29. The van der Waals surface area contributed by atoms with Gasteiger partial charge in [-0.3, -0.25) is 14.6 Å². The Morgan fingerprint density at radius 3 is 2.47 bits per heavy atom. The Hall–Kier alpha value is -2.97. The fraction of sp³-hybridized carbons (Fsp3) is 0.286. The van der Waals surface area contributed by atoms with Gasteiger partial charge >= 0.3 is 0 Å². The number of thiazole rings is 1. The Bertz CT molecular complexity index is 1270. The first kappa shape index (κ1) is 26.1. The SMILES string of the molecule is COc1ccc2sc(N(CCN3CCOCC3)C(=O)c3ccc(Cc4ccccc4)cc3)nc2c1.Cl. The molecule has 8 heteroatoms. The van der Waals surface area contributed by atoms with Gasteiger partial charge < -0.3 is 9.47 Å². The summed E-state index contributed by atoms with van der Waals surface area (Å²) in [4.78, 5) is 22.7. The van der Waals surface area contributed by atoms with Gasteiger partial charge in [-0.25, -0.2) is 4.98 Å². The third-order valence-corrected chi connectivity index (χ3v) is 7.31. The summed E-state index contributed by atoms with van der Waals surface area (Å²) in [7, 11) is 1.65. The van der Waals surface area contributed by atoms with E-state index in [1.807, 2.05) is 65.6 Å². The highest BCUT2D eigenvalue weighted by molar-refractivity contribution is 7.22. The number of hydrogen-bond donors (Lipinski definition) is 0. The molecule has 0 radical (unpaired) electrons. The highest BCUT2D eigenvalue weighted by atomic mass is 35.5. The van der Waals surface area contributed by atoms with Gasteiger partial charge in [-0.05, 0) is 41.8 Å². The summed E-state index contributed by atoms with van der Waals surface area (Å²) in [5.74, 6) is 0.727. The van der Waals surface area contributed by atoms with Crippen LogP contribution >= 0.6 is 23.7 Å². The van der Waals surface area contributed by atoms with Crippen molar-refractivity contribution < 1.29 is 14.3 Å². The van der Waals surface area contributed by atoms with E-state index in [4.69, 9.17) is 14.5 Å². The number of methoxy groups -OCH3 is 1. The van der Waals surface area contributed by atoms with Crippen molar-refractivity contribution in [3.63, 3.8) is 0 Å². The standard InChI is InChI=1S/C28H29N3O3S.ClH/c1-33-24-11-12-26-25(20-24)29-28(35-26)31(14-13-30-15-17-34-18-16-30)27(32)23-9-7-22(8-10-23)19-21-5-3-2-4-6-21;/h2-12,20H,13-19H2,1H3;1H. The molecule has 0 atom stereocenters. The fourth-order valence-electron chi connectivity index (χ4n) is 4.24. The second kappa shape index (κ2) is 12.3. The van der Waals surface area contributed by atoms with Crippen LogP contribution in [-0.4, -0.2) is 62.3 Å². The zero-order chi connectivity index (χ0) is 24.0. The molecule has 1 fully saturated rings. The molecule has 0 spiro atoms.